The Balaban J connectivity index is 0. The van der Waals surface area contributed by atoms with E-state index in [0.29, 0.717) is 0 Å². The predicted molar refractivity (Wildman–Crippen MR) is 132 cm³/mol. The molecule has 0 unspecified atom stereocenters. The minimum atomic E-state index is -0.909. The summed E-state index contributed by atoms with van der Waals surface area (Å²) in [7, 11) is 0. The molecule has 0 N–H and O–H groups in total. The predicted octanol–water partition coefficient (Wildman–Crippen LogP) is 6.87. The van der Waals surface area contributed by atoms with Crippen molar-refractivity contribution >= 4 is 11.9 Å². The van der Waals surface area contributed by atoms with E-state index in [2.05, 4.69) is 13.8 Å². The number of rotatable bonds is 24. The number of carboxylic acids is 2. The number of unbranched alkanes of at least 4 members (excludes halogenated alkanes) is 20. The Hall–Kier alpha value is -1.06. The summed E-state index contributed by atoms with van der Waals surface area (Å²) in [6.45, 7) is 4.48. The summed E-state index contributed by atoms with van der Waals surface area (Å²) in [4.78, 5) is 20.3. The first-order valence-electron chi connectivity index (χ1n) is 13.9. The van der Waals surface area contributed by atoms with Gasteiger partial charge in [-0.15, -0.1) is 0 Å². The molecule has 0 heterocycles. The molecular formula is C28H54O4-2. The van der Waals surface area contributed by atoms with Crippen LogP contribution in [-0.2, 0) is 9.59 Å². The molecule has 0 atom stereocenters. The van der Waals surface area contributed by atoms with Gasteiger partial charge in [0.2, 0.25) is 0 Å². The lowest BCUT2D eigenvalue weighted by Gasteiger charge is -2.03. The summed E-state index contributed by atoms with van der Waals surface area (Å²) in [6, 6.07) is 0. The molecule has 0 aromatic heterocycles. The quantitative estimate of drug-likeness (QED) is 0.149. The maximum absolute atomic E-state index is 10.2. The molecule has 0 amide bonds. The Morgan fingerprint density at radius 1 is 0.375 bits per heavy atom. The second kappa shape index (κ2) is 29.9. The number of aliphatic carboxylic acids is 2. The monoisotopic (exact) mass is 454 g/mol. The molecule has 0 radical (unpaired) electrons. The number of carbonyl (C=O) groups is 2. The SMILES string of the molecule is CCCCCCCCCCCC(=O)[O-].CCCCCCCCCCCCCCCC(=O)[O-]. The topological polar surface area (TPSA) is 80.3 Å². The standard InChI is InChI=1S/C16H32O2.C12H24O2/c1-2-3-4-5-6-7-8-9-10-11-12-13-14-15-16(17)18;1-2-3-4-5-6-7-8-9-10-11-12(13)14/h2-15H2,1H3,(H,17,18);2-11H2,1H3,(H,13,14)/p-2. The maximum atomic E-state index is 10.2. The molecule has 4 nitrogen and oxygen atoms in total. The highest BCUT2D eigenvalue weighted by atomic mass is 16.4. The van der Waals surface area contributed by atoms with Crippen molar-refractivity contribution in [2.24, 2.45) is 0 Å². The Morgan fingerprint density at radius 3 is 0.750 bits per heavy atom. The molecule has 0 aromatic carbocycles. The highest BCUT2D eigenvalue weighted by Crippen LogP contribution is 2.13. The zero-order valence-corrected chi connectivity index (χ0v) is 21.6. The molecule has 0 aliphatic heterocycles. The van der Waals surface area contributed by atoms with Crippen LogP contribution in [0.15, 0.2) is 0 Å². The van der Waals surface area contributed by atoms with Gasteiger partial charge < -0.3 is 19.8 Å². The van der Waals surface area contributed by atoms with Gasteiger partial charge in [0.1, 0.15) is 0 Å². The van der Waals surface area contributed by atoms with Crippen molar-refractivity contribution in [3.8, 4) is 0 Å². The van der Waals surface area contributed by atoms with E-state index >= 15 is 0 Å². The zero-order valence-electron chi connectivity index (χ0n) is 21.6. The molecule has 0 spiro atoms. The Morgan fingerprint density at radius 2 is 0.562 bits per heavy atom. The fourth-order valence-corrected chi connectivity index (χ4v) is 3.87. The highest BCUT2D eigenvalue weighted by Gasteiger charge is 1.94. The lowest BCUT2D eigenvalue weighted by atomic mass is 10.0. The van der Waals surface area contributed by atoms with E-state index in [4.69, 9.17) is 0 Å². The van der Waals surface area contributed by atoms with Crippen LogP contribution in [0, 0.1) is 0 Å². The van der Waals surface area contributed by atoms with Gasteiger partial charge >= 0.3 is 0 Å². The van der Waals surface area contributed by atoms with E-state index < -0.39 is 11.9 Å². The summed E-state index contributed by atoms with van der Waals surface area (Å²) < 4.78 is 0. The molecule has 0 saturated heterocycles. The summed E-state index contributed by atoms with van der Waals surface area (Å²) >= 11 is 0. The van der Waals surface area contributed by atoms with Crippen molar-refractivity contribution in [2.45, 2.75) is 168 Å². The number of hydrogen-bond acceptors (Lipinski definition) is 4. The van der Waals surface area contributed by atoms with Gasteiger partial charge in [0.15, 0.2) is 0 Å². The summed E-state index contributed by atoms with van der Waals surface area (Å²) in [6.07, 6.45) is 28.1. The summed E-state index contributed by atoms with van der Waals surface area (Å²) in [5.41, 5.74) is 0. The van der Waals surface area contributed by atoms with Crippen LogP contribution in [0.4, 0.5) is 0 Å². The molecule has 32 heavy (non-hydrogen) atoms. The lowest BCUT2D eigenvalue weighted by molar-refractivity contribution is -0.307. The second-order valence-corrected chi connectivity index (χ2v) is 9.32. The molecule has 0 bridgehead atoms. The molecule has 4 heteroatoms. The zero-order chi connectivity index (χ0) is 24.1. The first-order chi connectivity index (χ1) is 15.5. The minimum Gasteiger partial charge on any atom is -0.550 e. The maximum Gasteiger partial charge on any atom is 0.0414 e. The molecular weight excluding hydrogens is 400 g/mol. The molecule has 0 aliphatic rings. The van der Waals surface area contributed by atoms with E-state index in [-0.39, 0.29) is 12.8 Å². The van der Waals surface area contributed by atoms with Crippen LogP contribution in [0.3, 0.4) is 0 Å². The van der Waals surface area contributed by atoms with Crippen molar-refractivity contribution in [1.82, 2.24) is 0 Å². The first-order valence-corrected chi connectivity index (χ1v) is 13.9. The van der Waals surface area contributed by atoms with Gasteiger partial charge in [-0.3, -0.25) is 0 Å². The third-order valence-corrected chi connectivity index (χ3v) is 5.97. The molecule has 0 rings (SSSR count). The number of carbonyl (C=O) groups excluding carboxylic acids is 2. The third kappa shape index (κ3) is 36.3. The fourth-order valence-electron chi connectivity index (χ4n) is 3.87. The van der Waals surface area contributed by atoms with Crippen LogP contribution in [-0.4, -0.2) is 11.9 Å². The normalized spacial score (nSPS) is 10.6. The Bertz CT molecular complexity index is 382. The van der Waals surface area contributed by atoms with E-state index in [1.807, 2.05) is 0 Å². The van der Waals surface area contributed by atoms with Gasteiger partial charge in [0, 0.05) is 11.9 Å². The fraction of sp³-hybridized carbons (Fsp3) is 0.929. The molecule has 0 fully saturated rings. The smallest absolute Gasteiger partial charge is 0.0414 e. The second-order valence-electron chi connectivity index (χ2n) is 9.32. The van der Waals surface area contributed by atoms with Crippen molar-refractivity contribution in [3.63, 3.8) is 0 Å². The minimum absolute atomic E-state index is 0.232. The Labute approximate surface area is 200 Å². The first kappa shape index (κ1) is 33.1. The summed E-state index contributed by atoms with van der Waals surface area (Å²) in [5, 5.41) is 20.3. The van der Waals surface area contributed by atoms with E-state index in [9.17, 15) is 19.8 Å². The third-order valence-electron chi connectivity index (χ3n) is 5.97. The van der Waals surface area contributed by atoms with Gasteiger partial charge in [-0.25, -0.2) is 0 Å². The van der Waals surface area contributed by atoms with Gasteiger partial charge in [0.05, 0.1) is 0 Å². The average molecular weight is 455 g/mol. The van der Waals surface area contributed by atoms with Crippen molar-refractivity contribution in [2.75, 3.05) is 0 Å². The van der Waals surface area contributed by atoms with Gasteiger partial charge in [0.25, 0.3) is 0 Å². The lowest BCUT2D eigenvalue weighted by Crippen LogP contribution is -2.21. The molecule has 0 saturated carbocycles. The van der Waals surface area contributed by atoms with Crippen LogP contribution in [0.25, 0.3) is 0 Å². The van der Waals surface area contributed by atoms with Crippen molar-refractivity contribution in [1.29, 1.82) is 0 Å². The van der Waals surface area contributed by atoms with Gasteiger partial charge in [-0.2, -0.15) is 0 Å². The van der Waals surface area contributed by atoms with E-state index in [1.54, 1.807) is 0 Å². The van der Waals surface area contributed by atoms with E-state index in [0.717, 1.165) is 25.7 Å². The highest BCUT2D eigenvalue weighted by molar-refractivity contribution is 5.64. The molecule has 0 aromatic rings. The number of carboxylic acid groups (broad SMARTS) is 2. The van der Waals surface area contributed by atoms with Crippen LogP contribution in [0.2, 0.25) is 0 Å². The van der Waals surface area contributed by atoms with Crippen LogP contribution < -0.4 is 10.2 Å². The summed E-state index contributed by atoms with van der Waals surface area (Å²) in [5.74, 6) is -1.81. The van der Waals surface area contributed by atoms with E-state index in [1.165, 1.54) is 116 Å². The number of hydrogen-bond donors (Lipinski definition) is 0. The van der Waals surface area contributed by atoms with Gasteiger partial charge in [-0.1, -0.05) is 142 Å². The van der Waals surface area contributed by atoms with Crippen molar-refractivity contribution < 1.29 is 19.8 Å². The van der Waals surface area contributed by atoms with Gasteiger partial charge in [-0.05, 0) is 25.7 Å². The largest absolute Gasteiger partial charge is 0.550 e. The van der Waals surface area contributed by atoms with Crippen molar-refractivity contribution in [3.05, 3.63) is 0 Å². The van der Waals surface area contributed by atoms with Crippen LogP contribution >= 0.6 is 0 Å². The van der Waals surface area contributed by atoms with Crippen LogP contribution in [0.5, 0.6) is 0 Å². The Kier molecular flexibility index (Phi) is 31.0. The average Bonchev–Trinajstić information content (AvgIpc) is 2.76. The molecule has 0 aliphatic carbocycles. The molecule has 192 valence electrons. The van der Waals surface area contributed by atoms with Crippen LogP contribution in [0.1, 0.15) is 168 Å².